The summed E-state index contributed by atoms with van der Waals surface area (Å²) < 4.78 is 44.3. The molecule has 3 aromatic rings. The maximum absolute atomic E-state index is 15.1. The zero-order valence-electron chi connectivity index (χ0n) is 20.1. The van der Waals surface area contributed by atoms with E-state index in [0.29, 0.717) is 28.2 Å². The molecule has 3 heteroatoms. The molecule has 0 saturated heterocycles. The Hall–Kier alpha value is -2.81. The fourth-order valence-corrected chi connectivity index (χ4v) is 5.03. The second-order valence-corrected chi connectivity index (χ2v) is 9.46. The van der Waals surface area contributed by atoms with E-state index in [1.54, 1.807) is 18.2 Å². The van der Waals surface area contributed by atoms with Gasteiger partial charge in [-0.25, -0.2) is 13.2 Å². The van der Waals surface area contributed by atoms with Gasteiger partial charge in [0, 0.05) is 11.1 Å². The molecule has 0 spiro atoms. The molecular weight excluding hydrogens is 429 g/mol. The Morgan fingerprint density at radius 1 is 0.794 bits per heavy atom. The van der Waals surface area contributed by atoms with E-state index >= 15 is 8.78 Å². The van der Waals surface area contributed by atoms with Crippen LogP contribution in [0.2, 0.25) is 0 Å². The van der Waals surface area contributed by atoms with Gasteiger partial charge in [0.25, 0.3) is 0 Å². The van der Waals surface area contributed by atoms with Gasteiger partial charge in [-0.1, -0.05) is 81.0 Å². The lowest BCUT2D eigenvalue weighted by molar-refractivity contribution is 0.365. The Kier molecular flexibility index (Phi) is 7.92. The quantitative estimate of drug-likeness (QED) is 0.328. The van der Waals surface area contributed by atoms with Crippen LogP contribution in [-0.2, 0) is 12.8 Å². The van der Waals surface area contributed by atoms with Gasteiger partial charge in [0.15, 0.2) is 11.6 Å². The Morgan fingerprint density at radius 2 is 1.50 bits per heavy atom. The normalized spacial score (nSPS) is 18.5. The number of allylic oxidation sites excluding steroid dienone is 1. The Labute approximate surface area is 201 Å². The lowest BCUT2D eigenvalue weighted by atomic mass is 9.78. The molecule has 178 valence electrons. The van der Waals surface area contributed by atoms with Crippen LogP contribution in [0.25, 0.3) is 17.2 Å². The second kappa shape index (κ2) is 11.1. The van der Waals surface area contributed by atoms with Crippen molar-refractivity contribution >= 4 is 6.08 Å². The maximum atomic E-state index is 15.1. The van der Waals surface area contributed by atoms with Crippen molar-refractivity contribution in [3.63, 3.8) is 0 Å². The fourth-order valence-electron chi connectivity index (χ4n) is 5.03. The van der Waals surface area contributed by atoms with Crippen molar-refractivity contribution in [3.05, 3.63) is 100 Å². The highest BCUT2D eigenvalue weighted by Crippen LogP contribution is 2.39. The minimum atomic E-state index is -0.756. The van der Waals surface area contributed by atoms with Crippen LogP contribution in [0, 0.1) is 23.4 Å². The molecule has 0 bridgehead atoms. The Morgan fingerprint density at radius 3 is 2.15 bits per heavy atom. The number of hydrogen-bond acceptors (Lipinski definition) is 0. The van der Waals surface area contributed by atoms with Crippen molar-refractivity contribution in [3.8, 4) is 11.1 Å². The third kappa shape index (κ3) is 5.46. The summed E-state index contributed by atoms with van der Waals surface area (Å²) in [5.74, 6) is -1.32. The zero-order valence-corrected chi connectivity index (χ0v) is 20.1. The van der Waals surface area contributed by atoms with E-state index in [1.807, 2.05) is 49.4 Å². The average molecular weight is 463 g/mol. The second-order valence-electron chi connectivity index (χ2n) is 9.46. The van der Waals surface area contributed by atoms with E-state index in [9.17, 15) is 4.39 Å². The third-order valence-electron chi connectivity index (χ3n) is 7.15. The van der Waals surface area contributed by atoms with Crippen LogP contribution in [0.5, 0.6) is 0 Å². The van der Waals surface area contributed by atoms with Gasteiger partial charge in [0.05, 0.1) is 0 Å². The number of rotatable bonds is 7. The molecule has 1 aliphatic carbocycles. The molecule has 0 radical (unpaired) electrons. The number of aryl methyl sites for hydroxylation is 2. The van der Waals surface area contributed by atoms with Crippen LogP contribution in [0.4, 0.5) is 13.2 Å². The maximum Gasteiger partial charge on any atom is 0.166 e. The van der Waals surface area contributed by atoms with Gasteiger partial charge >= 0.3 is 0 Å². The highest BCUT2D eigenvalue weighted by molar-refractivity contribution is 5.65. The van der Waals surface area contributed by atoms with Gasteiger partial charge in [-0.3, -0.25) is 0 Å². The van der Waals surface area contributed by atoms with Crippen molar-refractivity contribution in [1.29, 1.82) is 0 Å². The first-order chi connectivity index (χ1) is 16.5. The van der Waals surface area contributed by atoms with Crippen molar-refractivity contribution < 1.29 is 13.2 Å². The molecule has 1 fully saturated rings. The molecule has 34 heavy (non-hydrogen) atoms. The van der Waals surface area contributed by atoms with Crippen molar-refractivity contribution in [1.82, 2.24) is 0 Å². The number of benzene rings is 3. The first kappa shape index (κ1) is 24.3. The van der Waals surface area contributed by atoms with Crippen molar-refractivity contribution in [2.24, 2.45) is 5.92 Å². The summed E-state index contributed by atoms with van der Waals surface area (Å²) >= 11 is 0. The molecule has 0 nitrogen and oxygen atoms in total. The molecule has 0 aliphatic heterocycles. The lowest BCUT2D eigenvalue weighted by Gasteiger charge is -2.27. The molecule has 0 N–H and O–H groups in total. The summed E-state index contributed by atoms with van der Waals surface area (Å²) in [6.07, 6.45) is 10.2. The van der Waals surface area contributed by atoms with Crippen LogP contribution in [-0.4, -0.2) is 0 Å². The van der Waals surface area contributed by atoms with Crippen LogP contribution in [0.3, 0.4) is 0 Å². The zero-order chi connectivity index (χ0) is 24.1. The van der Waals surface area contributed by atoms with Crippen molar-refractivity contribution in [2.75, 3.05) is 0 Å². The van der Waals surface area contributed by atoms with Gasteiger partial charge in [-0.15, -0.1) is 0 Å². The molecule has 4 rings (SSSR count). The first-order valence-corrected chi connectivity index (χ1v) is 12.5. The molecule has 0 unspecified atom stereocenters. The topological polar surface area (TPSA) is 0 Å². The molecule has 1 aliphatic rings. The molecule has 3 aromatic carbocycles. The minimum absolute atomic E-state index is 0.0145. The van der Waals surface area contributed by atoms with Gasteiger partial charge in [-0.2, -0.15) is 0 Å². The summed E-state index contributed by atoms with van der Waals surface area (Å²) in [4.78, 5) is 0. The SMILES string of the molecule is CCCc1ccc(-c2ccc(C3CCC(/C=C/c4ccc(CC)cc4F)CC3)c(F)c2F)cc1. The van der Waals surface area contributed by atoms with E-state index in [4.69, 9.17) is 0 Å². The van der Waals surface area contributed by atoms with Gasteiger partial charge < -0.3 is 0 Å². The summed E-state index contributed by atoms with van der Waals surface area (Å²) in [5, 5.41) is 0. The highest BCUT2D eigenvalue weighted by Gasteiger charge is 2.25. The van der Waals surface area contributed by atoms with Crippen LogP contribution in [0.15, 0.2) is 60.7 Å². The predicted molar refractivity (Wildman–Crippen MR) is 135 cm³/mol. The molecule has 0 atom stereocenters. The average Bonchev–Trinajstić information content (AvgIpc) is 2.86. The van der Waals surface area contributed by atoms with Crippen LogP contribution in [0.1, 0.15) is 74.1 Å². The molecule has 0 aromatic heterocycles. The monoisotopic (exact) mass is 462 g/mol. The third-order valence-corrected chi connectivity index (χ3v) is 7.15. The van der Waals surface area contributed by atoms with E-state index in [2.05, 4.69) is 13.0 Å². The highest BCUT2D eigenvalue weighted by atomic mass is 19.2. The minimum Gasteiger partial charge on any atom is -0.206 e. The largest absolute Gasteiger partial charge is 0.206 e. The summed E-state index contributed by atoms with van der Waals surface area (Å²) in [6, 6.07) is 16.6. The lowest BCUT2D eigenvalue weighted by Crippen LogP contribution is -2.13. The van der Waals surface area contributed by atoms with E-state index in [1.165, 1.54) is 5.56 Å². The summed E-state index contributed by atoms with van der Waals surface area (Å²) in [7, 11) is 0. The molecular formula is C31H33F3. The summed E-state index contributed by atoms with van der Waals surface area (Å²) in [6.45, 7) is 4.13. The number of hydrogen-bond donors (Lipinski definition) is 0. The van der Waals surface area contributed by atoms with Gasteiger partial charge in [-0.05, 0) is 78.7 Å². The van der Waals surface area contributed by atoms with E-state index < -0.39 is 11.6 Å². The van der Waals surface area contributed by atoms with Crippen LogP contribution >= 0.6 is 0 Å². The van der Waals surface area contributed by atoms with Gasteiger partial charge in [0.1, 0.15) is 5.82 Å². The Balaban J connectivity index is 1.41. The summed E-state index contributed by atoms with van der Waals surface area (Å²) in [5.41, 5.74) is 4.30. The number of halogens is 3. The van der Waals surface area contributed by atoms with Gasteiger partial charge in [0.2, 0.25) is 0 Å². The predicted octanol–water partition coefficient (Wildman–Crippen LogP) is 9.27. The van der Waals surface area contributed by atoms with Crippen LogP contribution < -0.4 is 0 Å². The standard InChI is InChI=1S/C31H33F3/c1-3-5-22-7-12-24(13-8-22)27-18-19-28(31(34)30(27)33)25-14-9-23(10-15-25)11-17-26-16-6-21(4-2)20-29(26)32/h6-8,11-13,16-20,23,25H,3-5,9-10,14-15H2,1-2H3/b17-11+. The first-order valence-electron chi connectivity index (χ1n) is 12.5. The smallest absolute Gasteiger partial charge is 0.166 e. The molecule has 0 heterocycles. The Bertz CT molecular complexity index is 1140. The van der Waals surface area contributed by atoms with E-state index in [-0.39, 0.29) is 11.7 Å². The molecule has 0 amide bonds. The fraction of sp³-hybridized carbons (Fsp3) is 0.355. The molecule has 1 saturated carbocycles. The van der Waals surface area contributed by atoms with E-state index in [0.717, 1.165) is 50.5 Å². The van der Waals surface area contributed by atoms with Crippen molar-refractivity contribution in [2.45, 2.75) is 64.7 Å².